The van der Waals surface area contributed by atoms with Gasteiger partial charge in [0.25, 0.3) is 0 Å². The average Bonchev–Trinajstić information content (AvgIpc) is 3.06. The molecule has 1 aliphatic rings. The van der Waals surface area contributed by atoms with Crippen molar-refractivity contribution in [1.29, 1.82) is 0 Å². The Morgan fingerprint density at radius 3 is 2.33 bits per heavy atom. The highest BCUT2D eigenvalue weighted by molar-refractivity contribution is 5.66. The number of aliphatic carboxylic acids is 1. The van der Waals surface area contributed by atoms with E-state index in [1.165, 1.54) is 7.11 Å². The van der Waals surface area contributed by atoms with Crippen molar-refractivity contribution in [3.05, 3.63) is 24.3 Å². The van der Waals surface area contributed by atoms with Crippen LogP contribution in [0.4, 0.5) is 0 Å². The molecule has 1 fully saturated rings. The highest BCUT2D eigenvalue weighted by atomic mass is 16.5. The maximum absolute atomic E-state index is 10.5. The molecule has 0 aromatic rings. The van der Waals surface area contributed by atoms with Crippen LogP contribution in [0.2, 0.25) is 0 Å². The van der Waals surface area contributed by atoms with Gasteiger partial charge in [0.2, 0.25) is 0 Å². The molecule has 194 valence electrons. The van der Waals surface area contributed by atoms with Gasteiger partial charge >= 0.3 is 5.97 Å². The number of hydrogen-bond donors (Lipinski definition) is 7. The number of aliphatic hydroxyl groups excluding tert-OH is 5. The van der Waals surface area contributed by atoms with Crippen molar-refractivity contribution in [2.24, 2.45) is 17.6 Å². The number of carboxylic acids is 1. The Hall–Kier alpha value is -1.33. The molecule has 1 saturated carbocycles. The lowest BCUT2D eigenvalue weighted by atomic mass is 9.89. The summed E-state index contributed by atoms with van der Waals surface area (Å²) in [5, 5.41) is 55.7. The van der Waals surface area contributed by atoms with Crippen molar-refractivity contribution in [1.82, 2.24) is 0 Å². The molecular weight excluding hydrogens is 430 g/mol. The summed E-state index contributed by atoms with van der Waals surface area (Å²) >= 11 is 0. The van der Waals surface area contributed by atoms with Crippen molar-refractivity contribution >= 4 is 5.97 Å². The van der Waals surface area contributed by atoms with Gasteiger partial charge in [0.1, 0.15) is 0 Å². The van der Waals surface area contributed by atoms with E-state index in [1.54, 1.807) is 6.08 Å². The van der Waals surface area contributed by atoms with Crippen LogP contribution in [0.1, 0.15) is 64.7 Å². The minimum absolute atomic E-state index is 0.0650. The molecule has 0 amide bonds. The molecule has 0 aromatic carbocycles. The van der Waals surface area contributed by atoms with Gasteiger partial charge in [-0.2, -0.15) is 0 Å². The lowest BCUT2D eigenvalue weighted by molar-refractivity contribution is -0.137. The van der Waals surface area contributed by atoms with Crippen molar-refractivity contribution in [3.8, 4) is 0 Å². The Kier molecular flexibility index (Phi) is 17.3. The second-order valence-electron chi connectivity index (χ2n) is 8.64. The average molecular weight is 476 g/mol. The lowest BCUT2D eigenvalue weighted by Crippen LogP contribution is -2.48. The number of allylic oxidation sites excluding steroid dienone is 2. The summed E-state index contributed by atoms with van der Waals surface area (Å²) < 4.78 is 4.51. The van der Waals surface area contributed by atoms with Crippen LogP contribution in [0.3, 0.4) is 0 Å². The van der Waals surface area contributed by atoms with Crippen LogP contribution in [-0.4, -0.2) is 81.0 Å². The minimum Gasteiger partial charge on any atom is -0.481 e. The fraction of sp³-hybridized carbons (Fsp3) is 0.792. The zero-order valence-electron chi connectivity index (χ0n) is 20.1. The third-order valence-corrected chi connectivity index (χ3v) is 5.85. The molecule has 9 heteroatoms. The van der Waals surface area contributed by atoms with Crippen LogP contribution >= 0.6 is 0 Å². The normalized spacial score (nSPS) is 24.2. The number of methoxy groups -OCH3 is 1. The van der Waals surface area contributed by atoms with Gasteiger partial charge in [-0.15, -0.1) is 0 Å². The van der Waals surface area contributed by atoms with E-state index in [4.69, 9.17) is 21.1 Å². The van der Waals surface area contributed by atoms with E-state index in [2.05, 4.69) is 11.7 Å². The van der Waals surface area contributed by atoms with Gasteiger partial charge in [-0.1, -0.05) is 50.5 Å². The van der Waals surface area contributed by atoms with E-state index in [1.807, 2.05) is 18.2 Å². The van der Waals surface area contributed by atoms with Gasteiger partial charge in [0, 0.05) is 25.9 Å². The van der Waals surface area contributed by atoms with E-state index in [0.29, 0.717) is 25.7 Å². The molecule has 0 aliphatic heterocycles. The van der Waals surface area contributed by atoms with Crippen LogP contribution in [0.5, 0.6) is 0 Å². The molecule has 5 atom stereocenters. The Labute approximate surface area is 197 Å². The monoisotopic (exact) mass is 475 g/mol. The van der Waals surface area contributed by atoms with Crippen molar-refractivity contribution in [2.75, 3.05) is 20.3 Å². The molecule has 0 heterocycles. The third-order valence-electron chi connectivity index (χ3n) is 5.85. The van der Waals surface area contributed by atoms with Crippen LogP contribution < -0.4 is 5.73 Å². The van der Waals surface area contributed by atoms with Crippen molar-refractivity contribution < 1.29 is 40.2 Å². The first kappa shape index (κ1) is 31.7. The summed E-state index contributed by atoms with van der Waals surface area (Å²) in [5.74, 6) is -1.00. The highest BCUT2D eigenvalue weighted by Gasteiger charge is 2.39. The van der Waals surface area contributed by atoms with Crippen LogP contribution in [0.25, 0.3) is 0 Å². The first-order chi connectivity index (χ1) is 15.6. The van der Waals surface area contributed by atoms with E-state index in [9.17, 15) is 20.1 Å². The third kappa shape index (κ3) is 13.8. The fourth-order valence-electron chi connectivity index (χ4n) is 3.58. The molecule has 0 spiro atoms. The number of aliphatic hydroxyl groups is 5. The van der Waals surface area contributed by atoms with E-state index in [0.717, 1.165) is 25.7 Å². The van der Waals surface area contributed by atoms with E-state index in [-0.39, 0.29) is 31.5 Å². The Balaban J connectivity index is 0.00000109. The summed E-state index contributed by atoms with van der Waals surface area (Å²) in [5.41, 5.74) is 3.91. The fourth-order valence-corrected chi connectivity index (χ4v) is 3.58. The van der Waals surface area contributed by atoms with Crippen molar-refractivity contribution in [3.63, 3.8) is 0 Å². The summed E-state index contributed by atoms with van der Waals surface area (Å²) in [6, 6.07) is 0. The smallest absolute Gasteiger partial charge is 0.303 e. The number of carboxylic acid groups (broad SMARTS) is 1. The first-order valence-electron chi connectivity index (χ1n) is 11.8. The first-order valence-corrected chi connectivity index (χ1v) is 11.8. The summed E-state index contributed by atoms with van der Waals surface area (Å²) in [7, 11) is 1.33. The van der Waals surface area contributed by atoms with E-state index >= 15 is 0 Å². The maximum atomic E-state index is 10.5. The summed E-state index contributed by atoms with van der Waals surface area (Å²) in [4.78, 5) is 10.5. The number of rotatable bonds is 15. The Morgan fingerprint density at radius 1 is 1.15 bits per heavy atom. The number of carbonyl (C=O) groups is 1. The molecule has 33 heavy (non-hydrogen) atoms. The SMILES string of the molecule is CCCCC[C@H](O)/C=C/[C@@H]1[C@@H](C/C=C\CCCC(=O)O)[C@@H](O)C[C@H]1O.COC(N)(CO)CO. The highest BCUT2D eigenvalue weighted by Crippen LogP contribution is 2.36. The number of nitrogens with two attached hydrogens (primary N) is 1. The van der Waals surface area contributed by atoms with Crippen LogP contribution in [0, 0.1) is 11.8 Å². The van der Waals surface area contributed by atoms with E-state index < -0.39 is 30.0 Å². The van der Waals surface area contributed by atoms with Crippen molar-refractivity contribution in [2.45, 2.75) is 88.7 Å². The van der Waals surface area contributed by atoms with Gasteiger partial charge in [-0.05, 0) is 31.6 Å². The largest absolute Gasteiger partial charge is 0.481 e. The van der Waals surface area contributed by atoms with Gasteiger partial charge in [0.15, 0.2) is 5.72 Å². The van der Waals surface area contributed by atoms with Gasteiger partial charge in [0.05, 0.1) is 31.5 Å². The molecule has 0 bridgehead atoms. The molecule has 9 nitrogen and oxygen atoms in total. The predicted octanol–water partition coefficient (Wildman–Crippen LogP) is 1.32. The van der Waals surface area contributed by atoms with Gasteiger partial charge < -0.3 is 35.4 Å². The summed E-state index contributed by atoms with van der Waals surface area (Å²) in [6.07, 6.45) is 12.3. The van der Waals surface area contributed by atoms with Gasteiger partial charge in [-0.3, -0.25) is 10.5 Å². The number of ether oxygens (including phenoxy) is 1. The second-order valence-corrected chi connectivity index (χ2v) is 8.64. The topological polar surface area (TPSA) is 174 Å². The standard InChI is InChI=1S/C20H34O5.C4H11NO3/c1-2-3-6-9-15(21)12-13-17-16(18(22)14-19(17)23)10-7-4-5-8-11-20(24)25;1-8-4(5,2-6)3-7/h4,7,12-13,15-19,21-23H,2-3,5-6,8-11,14H2,1H3,(H,24,25);6-7H,2-3,5H2,1H3/b7-4-,13-12+;/t15-,16+,17+,18-,19+;/m0./s1. The Morgan fingerprint density at radius 2 is 1.82 bits per heavy atom. The van der Waals surface area contributed by atoms with Crippen LogP contribution in [0.15, 0.2) is 24.3 Å². The zero-order valence-corrected chi connectivity index (χ0v) is 20.1. The molecule has 0 unspecified atom stereocenters. The molecule has 0 saturated heterocycles. The molecule has 0 radical (unpaired) electrons. The predicted molar refractivity (Wildman–Crippen MR) is 126 cm³/mol. The lowest BCUT2D eigenvalue weighted by Gasteiger charge is -2.21. The molecule has 0 aromatic heterocycles. The molecular formula is C24H45NO8. The zero-order chi connectivity index (χ0) is 25.3. The van der Waals surface area contributed by atoms with Gasteiger partial charge in [-0.25, -0.2) is 0 Å². The molecule has 1 rings (SSSR count). The molecule has 8 N–H and O–H groups in total. The summed E-state index contributed by atoms with van der Waals surface area (Å²) in [6.45, 7) is 1.37. The molecule has 1 aliphatic carbocycles. The quantitative estimate of drug-likeness (QED) is 0.105. The second kappa shape index (κ2) is 18.1. The number of hydrogen-bond acceptors (Lipinski definition) is 8. The maximum Gasteiger partial charge on any atom is 0.303 e. The minimum atomic E-state index is -1.26. The van der Waals surface area contributed by atoms with Crippen LogP contribution in [-0.2, 0) is 9.53 Å². The number of unbranched alkanes of at least 4 members (excludes halogenated alkanes) is 3. The Bertz CT molecular complexity index is 556.